The number of nitrogens with zero attached hydrogens (tertiary/aromatic N) is 1. The fourth-order valence-electron chi connectivity index (χ4n) is 1.88. The second kappa shape index (κ2) is 5.52. The summed E-state index contributed by atoms with van der Waals surface area (Å²) in [5.74, 6) is -0.237. The van der Waals surface area contributed by atoms with Crippen molar-refractivity contribution in [3.05, 3.63) is 52.0 Å². The van der Waals surface area contributed by atoms with Crippen molar-refractivity contribution >= 4 is 61.5 Å². The van der Waals surface area contributed by atoms with Gasteiger partial charge in [-0.2, -0.15) is 0 Å². The molecule has 3 N–H and O–H groups in total. The number of aromatic nitrogens is 1. The Balaban J connectivity index is 1.90. The minimum Gasteiger partial charge on any atom is -0.375 e. The number of nitrogen functional groups attached to an aromatic ring is 1. The Kier molecular flexibility index (Phi) is 3.71. The number of rotatable bonds is 2. The van der Waals surface area contributed by atoms with Crippen molar-refractivity contribution in [1.82, 2.24) is 4.98 Å². The molecule has 0 radical (unpaired) electrons. The Morgan fingerprint density at radius 2 is 1.90 bits per heavy atom. The van der Waals surface area contributed by atoms with Crippen LogP contribution in [0.1, 0.15) is 10.4 Å². The van der Waals surface area contributed by atoms with Crippen LogP contribution >= 0.6 is 34.5 Å². The van der Waals surface area contributed by atoms with Gasteiger partial charge in [0.25, 0.3) is 5.91 Å². The summed E-state index contributed by atoms with van der Waals surface area (Å²) in [5, 5.41) is 4.26. The van der Waals surface area contributed by atoms with E-state index in [0.29, 0.717) is 31.9 Å². The number of fused-ring (bicyclic) bond motifs is 1. The molecule has 0 saturated heterocycles. The lowest BCUT2D eigenvalue weighted by atomic mass is 10.2. The Morgan fingerprint density at radius 3 is 2.62 bits per heavy atom. The highest BCUT2D eigenvalue weighted by Crippen LogP contribution is 2.32. The van der Waals surface area contributed by atoms with Crippen molar-refractivity contribution in [2.75, 3.05) is 11.1 Å². The third kappa shape index (κ3) is 2.95. The van der Waals surface area contributed by atoms with Crippen molar-refractivity contribution in [3.63, 3.8) is 0 Å². The maximum Gasteiger partial charge on any atom is 0.255 e. The number of carbonyl (C=O) groups excluding carboxylic acids is 1. The van der Waals surface area contributed by atoms with E-state index in [-0.39, 0.29) is 5.91 Å². The van der Waals surface area contributed by atoms with E-state index in [1.807, 2.05) is 0 Å². The molecule has 1 aromatic heterocycles. The first kappa shape index (κ1) is 14.1. The molecule has 0 bridgehead atoms. The van der Waals surface area contributed by atoms with Gasteiger partial charge < -0.3 is 11.1 Å². The van der Waals surface area contributed by atoms with E-state index in [0.717, 1.165) is 4.70 Å². The van der Waals surface area contributed by atoms with Crippen molar-refractivity contribution in [2.45, 2.75) is 0 Å². The lowest BCUT2D eigenvalue weighted by molar-refractivity contribution is 0.102. The summed E-state index contributed by atoms with van der Waals surface area (Å²) in [5.41, 5.74) is 7.41. The number of halogens is 2. The van der Waals surface area contributed by atoms with E-state index in [4.69, 9.17) is 28.9 Å². The van der Waals surface area contributed by atoms with Crippen LogP contribution < -0.4 is 11.1 Å². The fraction of sp³-hybridized carbons (Fsp3) is 0. The molecule has 0 atom stereocenters. The van der Waals surface area contributed by atoms with Gasteiger partial charge in [-0.15, -0.1) is 0 Å². The summed E-state index contributed by atoms with van der Waals surface area (Å²) in [6, 6.07) is 10.1. The van der Waals surface area contributed by atoms with Gasteiger partial charge in [0.05, 0.1) is 9.72 Å². The number of anilines is 2. The summed E-state index contributed by atoms with van der Waals surface area (Å²) in [6.45, 7) is 0. The second-order valence-electron chi connectivity index (χ2n) is 4.32. The summed E-state index contributed by atoms with van der Waals surface area (Å²) in [6.07, 6.45) is 0. The standard InChI is InChI=1S/C14H9Cl2N3OS/c15-8-3-1-7(2-4-8)13(20)18-9-5-10(16)12-11(6-9)21-14(17)19-12/h1-6H,(H2,17,19)(H,18,20). The lowest BCUT2D eigenvalue weighted by Crippen LogP contribution is -2.11. The Hall–Kier alpha value is -1.82. The van der Waals surface area contributed by atoms with E-state index >= 15 is 0 Å². The van der Waals surface area contributed by atoms with Gasteiger partial charge in [-0.3, -0.25) is 4.79 Å². The quantitative estimate of drug-likeness (QED) is 0.726. The normalized spacial score (nSPS) is 10.8. The molecular formula is C14H9Cl2N3OS. The summed E-state index contributed by atoms with van der Waals surface area (Å²) < 4.78 is 0.825. The smallest absolute Gasteiger partial charge is 0.255 e. The van der Waals surface area contributed by atoms with Gasteiger partial charge in [0.1, 0.15) is 5.52 Å². The molecule has 0 aliphatic carbocycles. The topological polar surface area (TPSA) is 68.0 Å². The molecule has 4 nitrogen and oxygen atoms in total. The molecule has 3 aromatic rings. The SMILES string of the molecule is Nc1nc2c(Cl)cc(NC(=O)c3ccc(Cl)cc3)cc2s1. The Labute approximate surface area is 134 Å². The third-order valence-corrected chi connectivity index (χ3v) is 4.20. The number of hydrogen-bond acceptors (Lipinski definition) is 4. The molecular weight excluding hydrogens is 329 g/mol. The molecule has 0 aliphatic heterocycles. The van der Waals surface area contributed by atoms with E-state index in [2.05, 4.69) is 10.3 Å². The minimum absolute atomic E-state index is 0.237. The van der Waals surface area contributed by atoms with Crippen LogP contribution in [0, 0.1) is 0 Å². The molecule has 7 heteroatoms. The van der Waals surface area contributed by atoms with E-state index in [1.165, 1.54) is 11.3 Å². The van der Waals surface area contributed by atoms with Crippen molar-refractivity contribution in [3.8, 4) is 0 Å². The van der Waals surface area contributed by atoms with Crippen LogP contribution in [0.15, 0.2) is 36.4 Å². The van der Waals surface area contributed by atoms with Gasteiger partial charge in [-0.25, -0.2) is 4.98 Å². The number of hydrogen-bond donors (Lipinski definition) is 2. The highest BCUT2D eigenvalue weighted by Gasteiger charge is 2.11. The van der Waals surface area contributed by atoms with Crippen LogP contribution in [-0.2, 0) is 0 Å². The third-order valence-electron chi connectivity index (χ3n) is 2.83. The predicted molar refractivity (Wildman–Crippen MR) is 88.4 cm³/mol. The summed E-state index contributed by atoms with van der Waals surface area (Å²) in [7, 11) is 0. The van der Waals surface area contributed by atoms with Crippen molar-refractivity contribution < 1.29 is 4.79 Å². The maximum atomic E-state index is 12.1. The maximum absolute atomic E-state index is 12.1. The molecule has 1 amide bonds. The van der Waals surface area contributed by atoms with Gasteiger partial charge in [-0.05, 0) is 36.4 Å². The van der Waals surface area contributed by atoms with E-state index in [9.17, 15) is 4.79 Å². The molecule has 106 valence electrons. The highest BCUT2D eigenvalue weighted by molar-refractivity contribution is 7.22. The number of benzene rings is 2. The molecule has 2 aromatic carbocycles. The van der Waals surface area contributed by atoms with Crippen LogP contribution in [0.5, 0.6) is 0 Å². The van der Waals surface area contributed by atoms with Gasteiger partial charge in [0.15, 0.2) is 5.13 Å². The number of carbonyl (C=O) groups is 1. The zero-order valence-electron chi connectivity index (χ0n) is 10.6. The molecule has 0 fully saturated rings. The molecule has 0 saturated carbocycles. The van der Waals surface area contributed by atoms with E-state index < -0.39 is 0 Å². The molecule has 3 rings (SSSR count). The molecule has 21 heavy (non-hydrogen) atoms. The van der Waals surface area contributed by atoms with Crippen molar-refractivity contribution in [2.24, 2.45) is 0 Å². The minimum atomic E-state index is -0.237. The average molecular weight is 338 g/mol. The number of nitrogens with one attached hydrogen (secondary N) is 1. The first-order chi connectivity index (χ1) is 10.0. The highest BCUT2D eigenvalue weighted by atomic mass is 35.5. The first-order valence-corrected chi connectivity index (χ1v) is 7.52. The molecule has 0 unspecified atom stereocenters. The Morgan fingerprint density at radius 1 is 1.19 bits per heavy atom. The van der Waals surface area contributed by atoms with Crippen LogP contribution in [0.25, 0.3) is 10.2 Å². The van der Waals surface area contributed by atoms with Crippen LogP contribution in [0.2, 0.25) is 10.0 Å². The van der Waals surface area contributed by atoms with Crippen LogP contribution in [0.3, 0.4) is 0 Å². The molecule has 0 spiro atoms. The summed E-state index contributed by atoms with van der Waals surface area (Å²) >= 11 is 13.3. The van der Waals surface area contributed by atoms with Gasteiger partial charge in [0.2, 0.25) is 0 Å². The molecule has 0 aliphatic rings. The Bertz CT molecular complexity index is 830. The molecule has 1 heterocycles. The van der Waals surface area contributed by atoms with Gasteiger partial charge >= 0.3 is 0 Å². The number of amides is 1. The van der Waals surface area contributed by atoms with Crippen LogP contribution in [0.4, 0.5) is 10.8 Å². The lowest BCUT2D eigenvalue weighted by Gasteiger charge is -2.06. The predicted octanol–water partition coefficient (Wildman–Crippen LogP) is 4.44. The number of thiazole rings is 1. The summed E-state index contributed by atoms with van der Waals surface area (Å²) in [4.78, 5) is 16.3. The second-order valence-corrected chi connectivity index (χ2v) is 6.22. The van der Waals surface area contributed by atoms with Crippen molar-refractivity contribution in [1.29, 1.82) is 0 Å². The van der Waals surface area contributed by atoms with E-state index in [1.54, 1.807) is 36.4 Å². The zero-order valence-corrected chi connectivity index (χ0v) is 12.9. The van der Waals surface area contributed by atoms with Gasteiger partial charge in [0, 0.05) is 16.3 Å². The largest absolute Gasteiger partial charge is 0.375 e. The monoisotopic (exact) mass is 337 g/mol. The van der Waals surface area contributed by atoms with Crippen LogP contribution in [-0.4, -0.2) is 10.9 Å². The first-order valence-electron chi connectivity index (χ1n) is 5.95. The average Bonchev–Trinajstić information content (AvgIpc) is 2.80. The fourth-order valence-corrected chi connectivity index (χ4v) is 3.13. The number of nitrogens with two attached hydrogens (primary N) is 1. The zero-order chi connectivity index (χ0) is 15.0. The van der Waals surface area contributed by atoms with Gasteiger partial charge in [-0.1, -0.05) is 34.5 Å².